The highest BCUT2D eigenvalue weighted by Crippen LogP contribution is 2.24. The first kappa shape index (κ1) is 8.74. The van der Waals surface area contributed by atoms with E-state index in [2.05, 4.69) is 9.97 Å². The van der Waals surface area contributed by atoms with Gasteiger partial charge in [-0.05, 0) is 18.6 Å². The number of fused-ring (bicyclic) bond motifs is 1. The topological polar surface area (TPSA) is 55.0 Å². The minimum atomic E-state index is -0.326. The highest BCUT2D eigenvalue weighted by molar-refractivity contribution is 5.86. The molecular weight excluding hydrogens is 180 g/mol. The van der Waals surface area contributed by atoms with Crippen molar-refractivity contribution in [3.05, 3.63) is 24.0 Å². The number of pyridine rings is 1. The second-order valence-corrected chi connectivity index (χ2v) is 3.16. The molecule has 4 heteroatoms. The van der Waals surface area contributed by atoms with Crippen LogP contribution in [0.5, 0.6) is 5.75 Å². The van der Waals surface area contributed by atoms with E-state index in [1.54, 1.807) is 12.4 Å². The molecule has 0 bridgehead atoms. The second-order valence-electron chi connectivity index (χ2n) is 3.16. The summed E-state index contributed by atoms with van der Waals surface area (Å²) in [4.78, 5) is 17.9. The number of hydrogen-bond donors (Lipinski definition) is 1. The van der Waals surface area contributed by atoms with Crippen LogP contribution < -0.4 is 4.74 Å². The van der Waals surface area contributed by atoms with Crippen molar-refractivity contribution >= 4 is 17.0 Å². The molecule has 1 N–H and O–H groups in total. The number of hydrogen-bond acceptors (Lipinski definition) is 3. The van der Waals surface area contributed by atoms with Gasteiger partial charge in [-0.25, -0.2) is 4.98 Å². The lowest BCUT2D eigenvalue weighted by atomic mass is 10.2. The van der Waals surface area contributed by atoms with Gasteiger partial charge in [0.2, 0.25) is 0 Å². The molecule has 0 fully saturated rings. The zero-order valence-electron chi connectivity index (χ0n) is 8.00. The van der Waals surface area contributed by atoms with E-state index in [9.17, 15) is 4.79 Å². The summed E-state index contributed by atoms with van der Waals surface area (Å²) in [6.45, 7) is 3.32. The zero-order valence-corrected chi connectivity index (χ0v) is 8.00. The molecule has 0 aliphatic heterocycles. The summed E-state index contributed by atoms with van der Waals surface area (Å²) in [7, 11) is 0. The van der Waals surface area contributed by atoms with Crippen LogP contribution in [-0.4, -0.2) is 15.9 Å². The predicted octanol–water partition coefficient (Wildman–Crippen LogP) is 1.80. The van der Waals surface area contributed by atoms with Gasteiger partial charge in [0.1, 0.15) is 5.65 Å². The predicted molar refractivity (Wildman–Crippen MR) is 52.1 cm³/mol. The van der Waals surface area contributed by atoms with E-state index in [4.69, 9.17) is 4.74 Å². The van der Waals surface area contributed by atoms with Gasteiger partial charge >= 0.3 is 5.97 Å². The molecule has 4 nitrogen and oxygen atoms in total. The van der Waals surface area contributed by atoms with E-state index in [-0.39, 0.29) is 5.97 Å². The van der Waals surface area contributed by atoms with E-state index in [0.717, 1.165) is 16.6 Å². The van der Waals surface area contributed by atoms with Crippen molar-refractivity contribution < 1.29 is 9.53 Å². The summed E-state index contributed by atoms with van der Waals surface area (Å²) in [5.41, 5.74) is 1.76. The van der Waals surface area contributed by atoms with E-state index in [1.165, 1.54) is 6.92 Å². The molecule has 2 rings (SSSR count). The van der Waals surface area contributed by atoms with Crippen LogP contribution in [0.15, 0.2) is 18.5 Å². The van der Waals surface area contributed by atoms with Crippen molar-refractivity contribution in [1.82, 2.24) is 9.97 Å². The molecule has 0 atom stereocenters. The maximum Gasteiger partial charge on any atom is 0.308 e. The average molecular weight is 190 g/mol. The Morgan fingerprint density at radius 2 is 2.36 bits per heavy atom. The fraction of sp³-hybridized carbons (Fsp3) is 0.200. The molecule has 72 valence electrons. The number of nitrogens with one attached hydrogen (secondary N) is 1. The van der Waals surface area contributed by atoms with Crippen molar-refractivity contribution in [2.24, 2.45) is 0 Å². The molecule has 0 amide bonds. The lowest BCUT2D eigenvalue weighted by Gasteiger charge is -1.98. The Morgan fingerprint density at radius 3 is 3.07 bits per heavy atom. The quantitative estimate of drug-likeness (QED) is 0.697. The normalized spacial score (nSPS) is 10.4. The van der Waals surface area contributed by atoms with E-state index in [0.29, 0.717) is 5.75 Å². The van der Waals surface area contributed by atoms with Gasteiger partial charge in [0.15, 0.2) is 5.75 Å². The third-order valence-corrected chi connectivity index (χ3v) is 1.88. The Morgan fingerprint density at radius 1 is 1.57 bits per heavy atom. The summed E-state index contributed by atoms with van der Waals surface area (Å²) in [5, 5.41) is 0.834. The number of aryl methyl sites for hydroxylation is 1. The fourth-order valence-corrected chi connectivity index (χ4v) is 1.32. The molecule has 0 saturated heterocycles. The smallest absolute Gasteiger partial charge is 0.308 e. The molecule has 0 aliphatic carbocycles. The van der Waals surface area contributed by atoms with Crippen molar-refractivity contribution in [3.63, 3.8) is 0 Å². The summed E-state index contributed by atoms with van der Waals surface area (Å²) >= 11 is 0. The van der Waals surface area contributed by atoms with Gasteiger partial charge in [-0.2, -0.15) is 0 Å². The standard InChI is InChI=1S/C10H10N2O2/c1-6-3-8-9(14-7(2)13)5-12-10(8)11-4-6/h3-5H,1-2H3,(H,11,12). The van der Waals surface area contributed by atoms with E-state index in [1.807, 2.05) is 13.0 Å². The first-order valence-corrected chi connectivity index (χ1v) is 4.29. The van der Waals surface area contributed by atoms with Crippen LogP contribution in [0.1, 0.15) is 12.5 Å². The van der Waals surface area contributed by atoms with Crippen LogP contribution in [0.25, 0.3) is 11.0 Å². The third kappa shape index (κ3) is 1.46. The average Bonchev–Trinajstić information content (AvgIpc) is 2.47. The van der Waals surface area contributed by atoms with Crippen molar-refractivity contribution in [1.29, 1.82) is 0 Å². The minimum Gasteiger partial charge on any atom is -0.424 e. The number of aromatic nitrogens is 2. The van der Waals surface area contributed by atoms with Crippen LogP contribution in [0.3, 0.4) is 0 Å². The molecule has 2 aromatic heterocycles. The number of rotatable bonds is 1. The maximum atomic E-state index is 10.8. The number of ether oxygens (including phenoxy) is 1. The lowest BCUT2D eigenvalue weighted by molar-refractivity contribution is -0.131. The monoisotopic (exact) mass is 190 g/mol. The maximum absolute atomic E-state index is 10.8. The Labute approximate surface area is 80.9 Å². The summed E-state index contributed by atoms with van der Waals surface area (Å²) in [5.74, 6) is 0.205. The van der Waals surface area contributed by atoms with Gasteiger partial charge < -0.3 is 9.72 Å². The van der Waals surface area contributed by atoms with Crippen LogP contribution >= 0.6 is 0 Å². The molecule has 0 aliphatic rings. The number of nitrogens with zero attached hydrogens (tertiary/aromatic N) is 1. The minimum absolute atomic E-state index is 0.326. The van der Waals surface area contributed by atoms with Gasteiger partial charge in [-0.1, -0.05) is 0 Å². The first-order valence-electron chi connectivity index (χ1n) is 4.29. The highest BCUT2D eigenvalue weighted by atomic mass is 16.5. The number of esters is 1. The van der Waals surface area contributed by atoms with Gasteiger partial charge in [0, 0.05) is 19.3 Å². The van der Waals surface area contributed by atoms with Crippen LogP contribution in [0.2, 0.25) is 0 Å². The molecule has 0 unspecified atom stereocenters. The highest BCUT2D eigenvalue weighted by Gasteiger charge is 2.07. The van der Waals surface area contributed by atoms with Crippen molar-refractivity contribution in [3.8, 4) is 5.75 Å². The Kier molecular flexibility index (Phi) is 1.96. The Hall–Kier alpha value is -1.84. The largest absolute Gasteiger partial charge is 0.424 e. The van der Waals surface area contributed by atoms with Crippen molar-refractivity contribution in [2.75, 3.05) is 0 Å². The summed E-state index contributed by atoms with van der Waals surface area (Å²) < 4.78 is 5.01. The third-order valence-electron chi connectivity index (χ3n) is 1.88. The van der Waals surface area contributed by atoms with Gasteiger partial charge in [-0.15, -0.1) is 0 Å². The van der Waals surface area contributed by atoms with E-state index >= 15 is 0 Å². The van der Waals surface area contributed by atoms with Gasteiger partial charge in [0.25, 0.3) is 0 Å². The molecule has 2 heterocycles. The summed E-state index contributed by atoms with van der Waals surface area (Å²) in [6.07, 6.45) is 3.40. The molecule has 0 spiro atoms. The molecule has 2 aromatic rings. The SMILES string of the molecule is CC(=O)Oc1c[nH]c2ncc(C)cc12. The number of aromatic amines is 1. The zero-order chi connectivity index (χ0) is 10.1. The molecule has 0 saturated carbocycles. The fourth-order valence-electron chi connectivity index (χ4n) is 1.32. The first-order chi connectivity index (χ1) is 6.66. The van der Waals surface area contributed by atoms with Crippen LogP contribution in [0, 0.1) is 6.92 Å². The second kappa shape index (κ2) is 3.14. The van der Waals surface area contributed by atoms with Gasteiger partial charge in [0.05, 0.1) is 5.39 Å². The Bertz CT molecular complexity index is 488. The van der Waals surface area contributed by atoms with E-state index < -0.39 is 0 Å². The molecule has 0 radical (unpaired) electrons. The van der Waals surface area contributed by atoms with Crippen LogP contribution in [-0.2, 0) is 4.79 Å². The van der Waals surface area contributed by atoms with Crippen LogP contribution in [0.4, 0.5) is 0 Å². The summed E-state index contributed by atoms with van der Waals surface area (Å²) in [6, 6.07) is 1.93. The molecule has 0 aromatic carbocycles. The number of carbonyl (C=O) groups excluding carboxylic acids is 1. The number of carbonyl (C=O) groups is 1. The van der Waals surface area contributed by atoms with Gasteiger partial charge in [-0.3, -0.25) is 4.79 Å². The molecule has 14 heavy (non-hydrogen) atoms. The lowest BCUT2D eigenvalue weighted by Crippen LogP contribution is -2.00. The Balaban J connectivity index is 2.55. The number of H-pyrrole nitrogens is 1. The van der Waals surface area contributed by atoms with Crippen molar-refractivity contribution in [2.45, 2.75) is 13.8 Å². The molecular formula is C10H10N2O2.